The lowest BCUT2D eigenvalue weighted by Crippen LogP contribution is -2.57. The van der Waals surface area contributed by atoms with Gasteiger partial charge in [-0.2, -0.15) is 0 Å². The minimum Gasteiger partial charge on any atom is -0.445 e. The highest BCUT2D eigenvalue weighted by Crippen LogP contribution is 2.13. The number of benzene rings is 1. The number of hydrogen-bond donors (Lipinski definition) is 3. The molecule has 0 radical (unpaired) electrons. The second-order valence-corrected chi connectivity index (χ2v) is 8.40. The zero-order chi connectivity index (χ0) is 23.5. The third-order valence-electron chi connectivity index (χ3n) is 4.99. The number of halogens is 1. The number of alkyl halides is 1. The molecule has 0 aromatic heterocycles. The van der Waals surface area contributed by atoms with Crippen LogP contribution in [0, 0.1) is 11.8 Å². The number of ether oxygens (including phenoxy) is 1. The van der Waals surface area contributed by atoms with E-state index in [1.165, 1.54) is 0 Å². The van der Waals surface area contributed by atoms with E-state index in [1.807, 2.05) is 44.2 Å². The smallest absolute Gasteiger partial charge is 0.408 e. The maximum Gasteiger partial charge on any atom is 0.408 e. The average molecular weight is 467 g/mol. The van der Waals surface area contributed by atoms with Crippen LogP contribution in [0.1, 0.15) is 38.7 Å². The average Bonchev–Trinajstić information content (AvgIpc) is 2.78. The quantitative estimate of drug-likeness (QED) is 0.380. The van der Waals surface area contributed by atoms with Gasteiger partial charge >= 0.3 is 6.09 Å². The van der Waals surface area contributed by atoms with E-state index in [9.17, 15) is 19.2 Å². The van der Waals surface area contributed by atoms with Crippen molar-refractivity contribution in [1.29, 1.82) is 0 Å². The molecule has 0 saturated carbocycles. The van der Waals surface area contributed by atoms with Gasteiger partial charge in [-0.25, -0.2) is 4.79 Å². The lowest BCUT2D eigenvalue weighted by atomic mass is 9.98. The van der Waals surface area contributed by atoms with Crippen molar-refractivity contribution in [2.75, 3.05) is 19.0 Å². The van der Waals surface area contributed by atoms with Crippen LogP contribution in [0.25, 0.3) is 0 Å². The molecule has 2 rings (SSSR count). The van der Waals surface area contributed by atoms with Crippen LogP contribution in [0.4, 0.5) is 4.79 Å². The fourth-order valence-electron chi connectivity index (χ4n) is 3.33. The van der Waals surface area contributed by atoms with E-state index < -0.39 is 29.9 Å². The first-order valence-electron chi connectivity index (χ1n) is 10.7. The van der Waals surface area contributed by atoms with Gasteiger partial charge in [0, 0.05) is 6.54 Å². The molecule has 2 atom stereocenters. The second-order valence-electron chi connectivity index (χ2n) is 8.13. The summed E-state index contributed by atoms with van der Waals surface area (Å²) in [5.41, 5.74) is 3.35. The first-order chi connectivity index (χ1) is 15.3. The van der Waals surface area contributed by atoms with Gasteiger partial charge in [-0.1, -0.05) is 44.2 Å². The van der Waals surface area contributed by atoms with Crippen molar-refractivity contribution in [2.24, 2.45) is 11.8 Å². The van der Waals surface area contributed by atoms with Gasteiger partial charge < -0.3 is 15.4 Å². The molecule has 176 valence electrons. The predicted molar refractivity (Wildman–Crippen MR) is 119 cm³/mol. The Labute approximate surface area is 193 Å². The Morgan fingerprint density at radius 2 is 1.97 bits per heavy atom. The van der Waals surface area contributed by atoms with E-state index >= 15 is 0 Å². The van der Waals surface area contributed by atoms with Gasteiger partial charge in [0.2, 0.25) is 5.91 Å². The molecule has 1 saturated heterocycles. The SMILES string of the molecule is CC(C)C[C@H](NC(=O)OCc1ccccc1)C(=O)NN(CC1CCCNC1=O)C(=O)CCl. The Hall–Kier alpha value is -2.81. The third kappa shape index (κ3) is 8.37. The number of nitrogens with one attached hydrogen (secondary N) is 3. The maximum atomic E-state index is 12.9. The maximum absolute atomic E-state index is 12.9. The van der Waals surface area contributed by atoms with Gasteiger partial charge in [-0.15, -0.1) is 11.6 Å². The van der Waals surface area contributed by atoms with Crippen LogP contribution in [0.15, 0.2) is 30.3 Å². The van der Waals surface area contributed by atoms with Crippen LogP contribution in [-0.2, 0) is 25.7 Å². The predicted octanol–water partition coefficient (Wildman–Crippen LogP) is 1.95. The fourth-order valence-corrected chi connectivity index (χ4v) is 3.48. The van der Waals surface area contributed by atoms with Gasteiger partial charge in [-0.05, 0) is 30.7 Å². The van der Waals surface area contributed by atoms with Crippen molar-refractivity contribution in [1.82, 2.24) is 21.1 Å². The third-order valence-corrected chi connectivity index (χ3v) is 5.22. The lowest BCUT2D eigenvalue weighted by molar-refractivity contribution is -0.143. The molecule has 1 aliphatic heterocycles. The standard InChI is InChI=1S/C22H31ClN4O5/c1-15(2)11-18(25-22(31)32-14-16-7-4-3-5-8-16)21(30)26-27(19(28)12-23)13-17-9-6-10-24-20(17)29/h3-5,7-8,15,17-18H,6,9-14H2,1-2H3,(H,24,29)(H,25,31)(H,26,30)/t17?,18-/m0/s1. The van der Waals surface area contributed by atoms with Crippen molar-refractivity contribution < 1.29 is 23.9 Å². The number of alkyl carbamates (subject to hydrolysis) is 1. The molecule has 1 aromatic carbocycles. The molecule has 0 bridgehead atoms. The van der Waals surface area contributed by atoms with Gasteiger partial charge in [0.15, 0.2) is 0 Å². The highest BCUT2D eigenvalue weighted by atomic mass is 35.5. The molecule has 1 heterocycles. The van der Waals surface area contributed by atoms with E-state index in [0.29, 0.717) is 19.4 Å². The topological polar surface area (TPSA) is 117 Å². The molecule has 0 spiro atoms. The Morgan fingerprint density at radius 3 is 2.59 bits per heavy atom. The molecule has 10 heteroatoms. The molecule has 1 aliphatic rings. The summed E-state index contributed by atoms with van der Waals surface area (Å²) < 4.78 is 5.21. The van der Waals surface area contributed by atoms with Crippen LogP contribution in [0.3, 0.4) is 0 Å². The molecule has 32 heavy (non-hydrogen) atoms. The van der Waals surface area contributed by atoms with Crippen LogP contribution >= 0.6 is 11.6 Å². The molecular weight excluding hydrogens is 436 g/mol. The number of rotatable bonds is 9. The number of carbonyl (C=O) groups excluding carboxylic acids is 4. The van der Waals surface area contributed by atoms with E-state index in [4.69, 9.17) is 16.3 Å². The van der Waals surface area contributed by atoms with Crippen LogP contribution in [0.5, 0.6) is 0 Å². The molecule has 4 amide bonds. The van der Waals surface area contributed by atoms with E-state index in [2.05, 4.69) is 16.1 Å². The Morgan fingerprint density at radius 1 is 1.25 bits per heavy atom. The van der Waals surface area contributed by atoms with Crippen LogP contribution in [-0.4, -0.2) is 53.8 Å². The summed E-state index contributed by atoms with van der Waals surface area (Å²) in [6.07, 6.45) is 0.987. The summed E-state index contributed by atoms with van der Waals surface area (Å²) in [6.45, 7) is 4.49. The Balaban J connectivity index is 2.00. The zero-order valence-electron chi connectivity index (χ0n) is 18.4. The van der Waals surface area contributed by atoms with Crippen LogP contribution in [0.2, 0.25) is 0 Å². The monoisotopic (exact) mass is 466 g/mol. The van der Waals surface area contributed by atoms with Crippen molar-refractivity contribution in [3.05, 3.63) is 35.9 Å². The number of piperidine rings is 1. The minimum absolute atomic E-state index is 0.00990. The van der Waals surface area contributed by atoms with Crippen molar-refractivity contribution >= 4 is 35.4 Å². The number of amides is 4. The molecule has 1 fully saturated rings. The largest absolute Gasteiger partial charge is 0.445 e. The highest BCUT2D eigenvalue weighted by Gasteiger charge is 2.30. The summed E-state index contributed by atoms with van der Waals surface area (Å²) >= 11 is 5.70. The summed E-state index contributed by atoms with van der Waals surface area (Å²) in [7, 11) is 0. The zero-order valence-corrected chi connectivity index (χ0v) is 19.2. The number of carbonyl (C=O) groups is 4. The highest BCUT2D eigenvalue weighted by molar-refractivity contribution is 6.27. The number of hydrazine groups is 1. The molecule has 3 N–H and O–H groups in total. The lowest BCUT2D eigenvalue weighted by Gasteiger charge is -2.30. The Bertz CT molecular complexity index is 790. The van der Waals surface area contributed by atoms with Crippen molar-refractivity contribution in [2.45, 2.75) is 45.8 Å². The van der Waals surface area contributed by atoms with Gasteiger partial charge in [0.05, 0.1) is 12.5 Å². The van der Waals surface area contributed by atoms with Crippen LogP contribution < -0.4 is 16.1 Å². The van der Waals surface area contributed by atoms with Gasteiger partial charge in [-0.3, -0.25) is 24.8 Å². The minimum atomic E-state index is -0.927. The Kier molecular flexibility index (Phi) is 10.3. The molecule has 1 aromatic rings. The first-order valence-corrected chi connectivity index (χ1v) is 11.2. The second kappa shape index (κ2) is 12.9. The number of hydrogen-bond acceptors (Lipinski definition) is 5. The molecule has 0 aliphatic carbocycles. The first kappa shape index (κ1) is 25.5. The summed E-state index contributed by atoms with van der Waals surface area (Å²) in [5, 5.41) is 6.39. The van der Waals surface area contributed by atoms with Crippen molar-refractivity contribution in [3.63, 3.8) is 0 Å². The molecular formula is C22H31ClN4O5. The summed E-state index contributed by atoms with van der Waals surface area (Å²) in [4.78, 5) is 49.6. The van der Waals surface area contributed by atoms with E-state index in [1.54, 1.807) is 0 Å². The van der Waals surface area contributed by atoms with Crippen molar-refractivity contribution in [3.8, 4) is 0 Å². The fraction of sp³-hybridized carbons (Fsp3) is 0.545. The number of nitrogens with zero attached hydrogens (tertiary/aromatic N) is 1. The summed E-state index contributed by atoms with van der Waals surface area (Å²) in [5.74, 6) is -1.99. The van der Waals surface area contributed by atoms with E-state index in [-0.39, 0.29) is 30.9 Å². The van der Waals surface area contributed by atoms with Gasteiger partial charge in [0.1, 0.15) is 18.5 Å². The normalized spacial score (nSPS) is 16.6. The molecule has 9 nitrogen and oxygen atoms in total. The van der Waals surface area contributed by atoms with E-state index in [0.717, 1.165) is 17.0 Å². The molecule has 1 unspecified atom stereocenters. The summed E-state index contributed by atoms with van der Waals surface area (Å²) in [6, 6.07) is 8.24. The van der Waals surface area contributed by atoms with Gasteiger partial charge in [0.25, 0.3) is 11.8 Å².